The molecule has 0 amide bonds. The predicted octanol–water partition coefficient (Wildman–Crippen LogP) is 7.00. The number of benzene rings is 3. The summed E-state index contributed by atoms with van der Waals surface area (Å²) in [4.78, 5) is 0. The van der Waals surface area contributed by atoms with Gasteiger partial charge in [-0.25, -0.2) is 0 Å². The summed E-state index contributed by atoms with van der Waals surface area (Å²) in [6.45, 7) is 7.91. The lowest BCUT2D eigenvalue weighted by Gasteiger charge is -2.32. The number of hydrogen-bond donors (Lipinski definition) is 1. The van der Waals surface area contributed by atoms with Crippen LogP contribution in [0.2, 0.25) is 0 Å². The van der Waals surface area contributed by atoms with Gasteiger partial charge in [0.25, 0.3) is 0 Å². The monoisotopic (exact) mass is 381 g/mol. The molecule has 0 spiro atoms. The molecule has 0 heterocycles. The molecular weight excluding hydrogens is 350 g/mol. The SMILES string of the molecule is CCCCNC(C)(C)c1ccccc1C1C(c2ccccc2)=Cc2ccccc21. The normalized spacial score (nSPS) is 15.8. The minimum Gasteiger partial charge on any atom is -0.308 e. The van der Waals surface area contributed by atoms with Crippen LogP contribution in [0, 0.1) is 0 Å². The summed E-state index contributed by atoms with van der Waals surface area (Å²) in [7, 11) is 0. The molecule has 1 nitrogen and oxygen atoms in total. The van der Waals surface area contributed by atoms with Gasteiger partial charge >= 0.3 is 0 Å². The molecule has 3 aromatic carbocycles. The summed E-state index contributed by atoms with van der Waals surface area (Å²) < 4.78 is 0. The molecule has 1 aliphatic rings. The quantitative estimate of drug-likeness (QED) is 0.435. The van der Waals surface area contributed by atoms with E-state index < -0.39 is 0 Å². The molecule has 0 aliphatic heterocycles. The summed E-state index contributed by atoms with van der Waals surface area (Å²) in [6.07, 6.45) is 4.79. The maximum Gasteiger partial charge on any atom is 0.0380 e. The van der Waals surface area contributed by atoms with Crippen LogP contribution >= 0.6 is 0 Å². The molecule has 0 radical (unpaired) electrons. The van der Waals surface area contributed by atoms with Gasteiger partial charge < -0.3 is 5.32 Å². The molecule has 3 aromatic rings. The van der Waals surface area contributed by atoms with Crippen LogP contribution in [0.3, 0.4) is 0 Å². The molecule has 1 unspecified atom stereocenters. The fourth-order valence-electron chi connectivity index (χ4n) is 4.53. The number of allylic oxidation sites excluding steroid dienone is 1. The van der Waals surface area contributed by atoms with E-state index in [1.54, 1.807) is 0 Å². The average Bonchev–Trinajstić information content (AvgIpc) is 3.14. The molecule has 0 saturated heterocycles. The minimum absolute atomic E-state index is 0.0783. The van der Waals surface area contributed by atoms with Crippen molar-refractivity contribution in [2.45, 2.75) is 45.1 Å². The Morgan fingerprint density at radius 3 is 2.21 bits per heavy atom. The second kappa shape index (κ2) is 8.39. The van der Waals surface area contributed by atoms with E-state index in [-0.39, 0.29) is 11.5 Å². The zero-order valence-corrected chi connectivity index (χ0v) is 17.8. The van der Waals surface area contributed by atoms with Gasteiger partial charge in [-0.15, -0.1) is 0 Å². The van der Waals surface area contributed by atoms with E-state index in [9.17, 15) is 0 Å². The van der Waals surface area contributed by atoms with Crippen molar-refractivity contribution in [1.29, 1.82) is 0 Å². The maximum atomic E-state index is 3.80. The summed E-state index contributed by atoms with van der Waals surface area (Å²) in [5.74, 6) is 0.261. The number of nitrogens with one attached hydrogen (secondary N) is 1. The number of unbranched alkanes of at least 4 members (excludes halogenated alkanes) is 1. The van der Waals surface area contributed by atoms with Gasteiger partial charge in [-0.05, 0) is 66.3 Å². The molecular formula is C28H31N. The van der Waals surface area contributed by atoms with Crippen molar-refractivity contribution < 1.29 is 0 Å². The Balaban J connectivity index is 1.82. The van der Waals surface area contributed by atoms with Crippen LogP contribution in [0.4, 0.5) is 0 Å². The Morgan fingerprint density at radius 2 is 1.45 bits per heavy atom. The predicted molar refractivity (Wildman–Crippen MR) is 125 cm³/mol. The largest absolute Gasteiger partial charge is 0.308 e. The highest BCUT2D eigenvalue weighted by Crippen LogP contribution is 2.47. The Labute approximate surface area is 175 Å². The van der Waals surface area contributed by atoms with E-state index in [0.29, 0.717) is 0 Å². The van der Waals surface area contributed by atoms with E-state index in [4.69, 9.17) is 0 Å². The molecule has 1 heteroatoms. The Kier molecular flexibility index (Phi) is 5.69. The zero-order chi connectivity index (χ0) is 20.3. The highest BCUT2D eigenvalue weighted by Gasteiger charge is 2.32. The molecule has 0 aromatic heterocycles. The molecule has 29 heavy (non-hydrogen) atoms. The van der Waals surface area contributed by atoms with Crippen LogP contribution in [0.15, 0.2) is 78.9 Å². The van der Waals surface area contributed by atoms with E-state index >= 15 is 0 Å². The van der Waals surface area contributed by atoms with Crippen molar-refractivity contribution in [3.05, 3.63) is 107 Å². The van der Waals surface area contributed by atoms with Crippen LogP contribution < -0.4 is 5.32 Å². The van der Waals surface area contributed by atoms with Crippen LogP contribution in [-0.4, -0.2) is 6.54 Å². The van der Waals surface area contributed by atoms with E-state index in [1.807, 2.05) is 0 Å². The third kappa shape index (κ3) is 3.93. The molecule has 1 atom stereocenters. The molecule has 0 bridgehead atoms. The van der Waals surface area contributed by atoms with Gasteiger partial charge in [0.15, 0.2) is 0 Å². The molecule has 4 rings (SSSR count). The summed E-state index contributed by atoms with van der Waals surface area (Å²) in [5, 5.41) is 3.80. The fourth-order valence-corrected chi connectivity index (χ4v) is 4.53. The first-order chi connectivity index (χ1) is 14.1. The highest BCUT2D eigenvalue weighted by atomic mass is 14.9. The molecule has 0 fully saturated rings. The van der Waals surface area contributed by atoms with Crippen LogP contribution in [0.25, 0.3) is 11.6 Å². The van der Waals surface area contributed by atoms with E-state index in [0.717, 1.165) is 6.54 Å². The van der Waals surface area contributed by atoms with Crippen molar-refractivity contribution in [2.75, 3.05) is 6.54 Å². The second-order valence-corrected chi connectivity index (χ2v) is 8.52. The van der Waals surface area contributed by atoms with Crippen LogP contribution in [0.1, 0.15) is 67.3 Å². The Hall–Kier alpha value is -2.64. The smallest absolute Gasteiger partial charge is 0.0380 e. The molecule has 1 aliphatic carbocycles. The Morgan fingerprint density at radius 1 is 0.793 bits per heavy atom. The third-order valence-corrected chi connectivity index (χ3v) is 6.08. The number of hydrogen-bond acceptors (Lipinski definition) is 1. The van der Waals surface area contributed by atoms with Crippen LogP contribution in [0.5, 0.6) is 0 Å². The molecule has 148 valence electrons. The third-order valence-electron chi connectivity index (χ3n) is 6.08. The van der Waals surface area contributed by atoms with Gasteiger partial charge in [0.1, 0.15) is 0 Å². The van der Waals surface area contributed by atoms with Crippen molar-refractivity contribution >= 4 is 11.6 Å². The average molecular weight is 382 g/mol. The lowest BCUT2D eigenvalue weighted by atomic mass is 9.78. The van der Waals surface area contributed by atoms with Gasteiger partial charge in [-0.1, -0.05) is 92.2 Å². The van der Waals surface area contributed by atoms with Gasteiger partial charge in [-0.2, -0.15) is 0 Å². The van der Waals surface area contributed by atoms with Gasteiger partial charge in [-0.3, -0.25) is 0 Å². The standard InChI is InChI=1S/C28H31N/c1-4-5-19-29-28(2,3)26-18-12-11-17-24(26)27-23-16-10-9-15-22(23)20-25(27)21-13-7-6-8-14-21/h6-18,20,27,29H,4-5,19H2,1-3H3. The lowest BCUT2D eigenvalue weighted by Crippen LogP contribution is -2.38. The second-order valence-electron chi connectivity index (χ2n) is 8.52. The molecule has 0 saturated carbocycles. The molecule has 1 N–H and O–H groups in total. The minimum atomic E-state index is -0.0783. The van der Waals surface area contributed by atoms with Crippen molar-refractivity contribution in [3.8, 4) is 0 Å². The number of fused-ring (bicyclic) bond motifs is 1. The Bertz CT molecular complexity index is 998. The lowest BCUT2D eigenvalue weighted by molar-refractivity contribution is 0.396. The summed E-state index contributed by atoms with van der Waals surface area (Å²) >= 11 is 0. The van der Waals surface area contributed by atoms with Crippen molar-refractivity contribution in [2.24, 2.45) is 0 Å². The van der Waals surface area contributed by atoms with Crippen molar-refractivity contribution in [1.82, 2.24) is 5.32 Å². The van der Waals surface area contributed by atoms with Crippen molar-refractivity contribution in [3.63, 3.8) is 0 Å². The maximum absolute atomic E-state index is 3.80. The number of rotatable bonds is 7. The van der Waals surface area contributed by atoms with Crippen LogP contribution in [-0.2, 0) is 5.54 Å². The zero-order valence-electron chi connectivity index (χ0n) is 17.8. The van der Waals surface area contributed by atoms with Gasteiger partial charge in [0.05, 0.1) is 0 Å². The first-order valence-corrected chi connectivity index (χ1v) is 10.8. The fraction of sp³-hybridized carbons (Fsp3) is 0.286. The summed E-state index contributed by atoms with van der Waals surface area (Å²) in [5.41, 5.74) is 8.15. The topological polar surface area (TPSA) is 12.0 Å². The first kappa shape index (κ1) is 19.7. The highest BCUT2D eigenvalue weighted by molar-refractivity contribution is 5.93. The van der Waals surface area contributed by atoms with E-state index in [2.05, 4.69) is 111 Å². The van der Waals surface area contributed by atoms with Gasteiger partial charge in [0, 0.05) is 11.5 Å². The van der Waals surface area contributed by atoms with E-state index in [1.165, 1.54) is 46.2 Å². The van der Waals surface area contributed by atoms with Gasteiger partial charge in [0.2, 0.25) is 0 Å². The first-order valence-electron chi connectivity index (χ1n) is 10.8. The summed E-state index contributed by atoms with van der Waals surface area (Å²) in [6, 6.07) is 28.7.